The zero-order chi connectivity index (χ0) is 25.6. The predicted molar refractivity (Wildman–Crippen MR) is 119 cm³/mol. The lowest BCUT2D eigenvalue weighted by Gasteiger charge is -2.29. The molecule has 0 aliphatic carbocycles. The molecule has 188 valence electrons. The highest BCUT2D eigenvalue weighted by Crippen LogP contribution is 2.20. The van der Waals surface area contributed by atoms with Crippen molar-refractivity contribution < 1.29 is 39.6 Å². The van der Waals surface area contributed by atoms with Gasteiger partial charge >= 0.3 is 5.97 Å². The molecule has 0 saturated carbocycles. The number of nitrogens with zero attached hydrogens (tertiary/aromatic N) is 1. The molecule has 0 bridgehead atoms. The zero-order valence-corrected chi connectivity index (χ0v) is 19.0. The SMILES string of the molecule is CC(O)C(NC(=O)C(NC(=O)C1CCCN1C(=O)C(N)Cc1ccc(O)cc1)C(C)O)C(=O)O. The highest BCUT2D eigenvalue weighted by molar-refractivity contribution is 5.94. The molecule has 1 aliphatic rings. The largest absolute Gasteiger partial charge is 0.508 e. The van der Waals surface area contributed by atoms with Crippen molar-refractivity contribution in [2.24, 2.45) is 5.73 Å². The Labute approximate surface area is 196 Å². The van der Waals surface area contributed by atoms with E-state index in [-0.39, 0.29) is 18.7 Å². The smallest absolute Gasteiger partial charge is 0.328 e. The Morgan fingerprint density at radius 2 is 1.65 bits per heavy atom. The number of nitrogens with one attached hydrogen (secondary N) is 2. The maximum atomic E-state index is 12.9. The summed E-state index contributed by atoms with van der Waals surface area (Å²) in [7, 11) is 0. The molecule has 1 fully saturated rings. The molecule has 6 atom stereocenters. The number of rotatable bonds is 10. The number of aliphatic carboxylic acids is 1. The third kappa shape index (κ3) is 6.89. The number of likely N-dealkylation sites (tertiary alicyclic amines) is 1. The number of carbonyl (C=O) groups is 4. The second kappa shape index (κ2) is 11.8. The monoisotopic (exact) mass is 480 g/mol. The van der Waals surface area contributed by atoms with Crippen molar-refractivity contribution in [2.75, 3.05) is 6.54 Å². The van der Waals surface area contributed by atoms with Crippen LogP contribution in [0.15, 0.2) is 24.3 Å². The van der Waals surface area contributed by atoms with Crippen LogP contribution in [0.1, 0.15) is 32.3 Å². The number of carboxylic acid groups (broad SMARTS) is 1. The average molecular weight is 481 g/mol. The number of hydrogen-bond donors (Lipinski definition) is 7. The van der Waals surface area contributed by atoms with Gasteiger partial charge in [-0.1, -0.05) is 12.1 Å². The molecule has 1 heterocycles. The molecule has 8 N–H and O–H groups in total. The van der Waals surface area contributed by atoms with Crippen molar-refractivity contribution in [3.8, 4) is 5.75 Å². The summed E-state index contributed by atoms with van der Waals surface area (Å²) in [6, 6.07) is 1.25. The summed E-state index contributed by atoms with van der Waals surface area (Å²) in [5.74, 6) is -3.53. The van der Waals surface area contributed by atoms with Crippen LogP contribution >= 0.6 is 0 Å². The Kier molecular flexibility index (Phi) is 9.36. The van der Waals surface area contributed by atoms with Gasteiger partial charge in [0.25, 0.3) is 0 Å². The van der Waals surface area contributed by atoms with Crippen LogP contribution in [0.3, 0.4) is 0 Å². The normalized spacial score (nSPS) is 20.0. The molecule has 34 heavy (non-hydrogen) atoms. The number of benzene rings is 1. The summed E-state index contributed by atoms with van der Waals surface area (Å²) < 4.78 is 0. The average Bonchev–Trinajstić information content (AvgIpc) is 3.25. The lowest BCUT2D eigenvalue weighted by Crippen LogP contribution is -2.60. The van der Waals surface area contributed by atoms with Crippen LogP contribution in [-0.4, -0.2) is 91.9 Å². The van der Waals surface area contributed by atoms with Gasteiger partial charge in [-0.2, -0.15) is 0 Å². The van der Waals surface area contributed by atoms with E-state index in [2.05, 4.69) is 10.6 Å². The van der Waals surface area contributed by atoms with Gasteiger partial charge in [-0.15, -0.1) is 0 Å². The van der Waals surface area contributed by atoms with E-state index >= 15 is 0 Å². The molecule has 0 radical (unpaired) electrons. The fourth-order valence-corrected chi connectivity index (χ4v) is 3.78. The third-order valence-electron chi connectivity index (χ3n) is 5.66. The molecule has 1 saturated heterocycles. The third-order valence-corrected chi connectivity index (χ3v) is 5.66. The molecular weight excluding hydrogens is 448 g/mol. The van der Waals surface area contributed by atoms with Gasteiger partial charge in [0.1, 0.15) is 17.8 Å². The van der Waals surface area contributed by atoms with E-state index in [1.165, 1.54) is 30.9 Å². The van der Waals surface area contributed by atoms with Gasteiger partial charge in [-0.05, 0) is 50.8 Å². The number of aromatic hydroxyl groups is 1. The maximum Gasteiger partial charge on any atom is 0.328 e. The van der Waals surface area contributed by atoms with E-state index < -0.39 is 60.1 Å². The Morgan fingerprint density at radius 1 is 1.06 bits per heavy atom. The summed E-state index contributed by atoms with van der Waals surface area (Å²) in [6.07, 6.45) is -1.74. The number of phenolic OH excluding ortho intramolecular Hbond substituents is 1. The Hall–Kier alpha value is -3.22. The van der Waals surface area contributed by atoms with Crippen LogP contribution in [-0.2, 0) is 25.6 Å². The van der Waals surface area contributed by atoms with E-state index in [0.717, 1.165) is 5.56 Å². The van der Waals surface area contributed by atoms with Crippen molar-refractivity contribution in [3.63, 3.8) is 0 Å². The second-order valence-corrected chi connectivity index (χ2v) is 8.46. The topological polar surface area (TPSA) is 203 Å². The van der Waals surface area contributed by atoms with E-state index in [0.29, 0.717) is 12.8 Å². The molecule has 12 nitrogen and oxygen atoms in total. The number of aliphatic hydroxyl groups excluding tert-OH is 2. The van der Waals surface area contributed by atoms with Gasteiger partial charge in [-0.3, -0.25) is 14.4 Å². The number of phenols is 1. The van der Waals surface area contributed by atoms with Crippen molar-refractivity contribution in [1.29, 1.82) is 0 Å². The minimum absolute atomic E-state index is 0.0831. The maximum absolute atomic E-state index is 12.9. The van der Waals surface area contributed by atoms with E-state index in [4.69, 9.17) is 10.8 Å². The Bertz CT molecular complexity index is 889. The van der Waals surface area contributed by atoms with Crippen LogP contribution in [0.25, 0.3) is 0 Å². The molecule has 0 aromatic heterocycles. The second-order valence-electron chi connectivity index (χ2n) is 8.46. The summed E-state index contributed by atoms with van der Waals surface area (Å²) in [5.41, 5.74) is 6.80. The highest BCUT2D eigenvalue weighted by Gasteiger charge is 2.39. The van der Waals surface area contributed by atoms with Gasteiger partial charge in [-0.25, -0.2) is 4.79 Å². The number of amides is 3. The Morgan fingerprint density at radius 3 is 2.18 bits per heavy atom. The number of hydrogen-bond acceptors (Lipinski definition) is 8. The molecule has 0 spiro atoms. The van der Waals surface area contributed by atoms with Crippen LogP contribution in [0, 0.1) is 0 Å². The summed E-state index contributed by atoms with van der Waals surface area (Å²) in [4.78, 5) is 50.9. The molecule has 1 aromatic carbocycles. The van der Waals surface area contributed by atoms with Gasteiger partial charge in [0.15, 0.2) is 6.04 Å². The van der Waals surface area contributed by atoms with Gasteiger partial charge < -0.3 is 41.7 Å². The van der Waals surface area contributed by atoms with Gasteiger partial charge in [0.2, 0.25) is 17.7 Å². The first-order valence-electron chi connectivity index (χ1n) is 11.0. The summed E-state index contributed by atoms with van der Waals surface area (Å²) in [6.45, 7) is 2.71. The first-order valence-corrected chi connectivity index (χ1v) is 11.0. The Balaban J connectivity index is 2.06. The number of carboxylic acids is 1. The van der Waals surface area contributed by atoms with Crippen molar-refractivity contribution >= 4 is 23.7 Å². The van der Waals surface area contributed by atoms with Crippen LogP contribution in [0.5, 0.6) is 5.75 Å². The number of aliphatic hydroxyl groups is 2. The first kappa shape index (κ1) is 27.0. The fourth-order valence-electron chi connectivity index (χ4n) is 3.78. The molecule has 6 unspecified atom stereocenters. The molecule has 2 rings (SSSR count). The van der Waals surface area contributed by atoms with Crippen LogP contribution < -0.4 is 16.4 Å². The highest BCUT2D eigenvalue weighted by atomic mass is 16.4. The van der Waals surface area contributed by atoms with Crippen molar-refractivity contribution in [1.82, 2.24) is 15.5 Å². The minimum Gasteiger partial charge on any atom is -0.508 e. The van der Waals surface area contributed by atoms with Gasteiger partial charge in [0.05, 0.1) is 18.2 Å². The quantitative estimate of drug-likeness (QED) is 0.199. The number of nitrogens with two attached hydrogens (primary N) is 1. The number of carbonyl (C=O) groups excluding carboxylic acids is 3. The van der Waals surface area contributed by atoms with Crippen LogP contribution in [0.2, 0.25) is 0 Å². The van der Waals surface area contributed by atoms with E-state index in [9.17, 15) is 34.5 Å². The molecular formula is C22H32N4O8. The minimum atomic E-state index is -1.63. The lowest BCUT2D eigenvalue weighted by atomic mass is 10.0. The first-order chi connectivity index (χ1) is 15.9. The van der Waals surface area contributed by atoms with Crippen molar-refractivity contribution in [3.05, 3.63) is 29.8 Å². The van der Waals surface area contributed by atoms with E-state index in [1.54, 1.807) is 12.1 Å². The van der Waals surface area contributed by atoms with E-state index in [1.807, 2.05) is 0 Å². The summed E-state index contributed by atoms with van der Waals surface area (Å²) >= 11 is 0. The van der Waals surface area contributed by atoms with Crippen molar-refractivity contribution in [2.45, 2.75) is 69.5 Å². The standard InChI is InChI=1S/C22H32N4O8/c1-11(27)17(20(31)25-18(12(2)28)22(33)34)24-19(30)16-4-3-9-26(16)21(32)15(23)10-13-5-7-14(29)8-6-13/h5-8,11-12,15-18,27-29H,3-4,9-10,23H2,1-2H3,(H,24,30)(H,25,31)(H,33,34). The zero-order valence-electron chi connectivity index (χ0n) is 19.0. The molecule has 1 aromatic rings. The lowest BCUT2D eigenvalue weighted by molar-refractivity contribution is -0.146. The fraction of sp³-hybridized carbons (Fsp3) is 0.545. The van der Waals surface area contributed by atoms with Gasteiger partial charge in [0, 0.05) is 6.54 Å². The van der Waals surface area contributed by atoms with Crippen LogP contribution in [0.4, 0.5) is 0 Å². The summed E-state index contributed by atoms with van der Waals surface area (Å²) in [5, 5.41) is 42.6. The molecule has 12 heteroatoms. The predicted octanol–water partition coefficient (Wildman–Crippen LogP) is -1.93. The molecule has 3 amide bonds. The molecule has 1 aliphatic heterocycles.